The lowest BCUT2D eigenvalue weighted by atomic mass is 10.2. The largest absolute Gasteiger partial charge is 0.321 e. The zero-order valence-corrected chi connectivity index (χ0v) is 15.5. The zero-order valence-electron chi connectivity index (χ0n) is 14.6. The number of piperazine rings is 1. The van der Waals surface area contributed by atoms with E-state index in [-0.39, 0.29) is 11.9 Å². The smallest absolute Gasteiger partial charge is 0.124 e. The summed E-state index contributed by atoms with van der Waals surface area (Å²) in [6.45, 7) is 5.92. The van der Waals surface area contributed by atoms with Gasteiger partial charge in [0.1, 0.15) is 10.8 Å². The van der Waals surface area contributed by atoms with Crippen molar-refractivity contribution < 1.29 is 4.39 Å². The van der Waals surface area contributed by atoms with E-state index in [9.17, 15) is 4.39 Å². The van der Waals surface area contributed by atoms with Crippen LogP contribution in [0.4, 0.5) is 4.39 Å². The maximum atomic E-state index is 13.3. The summed E-state index contributed by atoms with van der Waals surface area (Å²) in [7, 11) is 0. The summed E-state index contributed by atoms with van der Waals surface area (Å²) in [5.41, 5.74) is 8.57. The van der Waals surface area contributed by atoms with Crippen LogP contribution in [0.1, 0.15) is 16.6 Å². The first kappa shape index (κ1) is 17.5. The van der Waals surface area contributed by atoms with Crippen molar-refractivity contribution in [3.8, 4) is 0 Å². The summed E-state index contributed by atoms with van der Waals surface area (Å²) >= 11 is 1.50. The molecular formula is C20H23FN4S. The summed E-state index contributed by atoms with van der Waals surface area (Å²) < 4.78 is 14.2. The normalized spacial score (nSPS) is 17.6. The molecule has 1 aromatic heterocycles. The fraction of sp³-hybridized carbons (Fsp3) is 0.350. The zero-order chi connectivity index (χ0) is 17.9. The fourth-order valence-corrected chi connectivity index (χ4v) is 4.39. The highest BCUT2D eigenvalue weighted by Crippen LogP contribution is 2.26. The molecule has 0 radical (unpaired) electrons. The van der Waals surface area contributed by atoms with Gasteiger partial charge in [0.05, 0.1) is 16.3 Å². The molecule has 1 saturated heterocycles. The second kappa shape index (κ2) is 7.80. The summed E-state index contributed by atoms with van der Waals surface area (Å²) in [5, 5.41) is 0.886. The van der Waals surface area contributed by atoms with Gasteiger partial charge in [0.15, 0.2) is 0 Å². The Morgan fingerprint density at radius 3 is 2.54 bits per heavy atom. The highest BCUT2D eigenvalue weighted by molar-refractivity contribution is 7.18. The van der Waals surface area contributed by atoms with E-state index in [0.717, 1.165) is 54.5 Å². The average molecular weight is 370 g/mol. The maximum absolute atomic E-state index is 13.3. The summed E-state index contributed by atoms with van der Waals surface area (Å²) in [4.78, 5) is 9.47. The van der Waals surface area contributed by atoms with Crippen LogP contribution >= 0.6 is 11.3 Å². The van der Waals surface area contributed by atoms with Crippen LogP contribution in [0.5, 0.6) is 0 Å². The first-order valence-electron chi connectivity index (χ1n) is 8.97. The van der Waals surface area contributed by atoms with E-state index in [1.165, 1.54) is 29.0 Å². The lowest BCUT2D eigenvalue weighted by molar-refractivity contribution is 0.122. The highest BCUT2D eigenvalue weighted by Gasteiger charge is 2.21. The molecule has 26 heavy (non-hydrogen) atoms. The molecule has 2 heterocycles. The molecule has 1 aliphatic heterocycles. The van der Waals surface area contributed by atoms with Crippen LogP contribution in [0, 0.1) is 5.82 Å². The van der Waals surface area contributed by atoms with Gasteiger partial charge in [0, 0.05) is 39.3 Å². The van der Waals surface area contributed by atoms with Gasteiger partial charge in [-0.3, -0.25) is 9.80 Å². The van der Waals surface area contributed by atoms with Gasteiger partial charge in [0.2, 0.25) is 0 Å². The molecule has 0 bridgehead atoms. The van der Waals surface area contributed by atoms with E-state index in [2.05, 4.69) is 45.1 Å². The predicted molar refractivity (Wildman–Crippen MR) is 105 cm³/mol. The third-order valence-corrected chi connectivity index (χ3v) is 6.00. The summed E-state index contributed by atoms with van der Waals surface area (Å²) in [5.74, 6) is -0.226. The van der Waals surface area contributed by atoms with E-state index in [4.69, 9.17) is 5.73 Å². The van der Waals surface area contributed by atoms with Crippen LogP contribution in [-0.2, 0) is 6.54 Å². The van der Waals surface area contributed by atoms with E-state index >= 15 is 0 Å². The molecule has 3 aromatic rings. The molecule has 0 amide bonds. The Labute approximate surface area is 157 Å². The Kier molecular flexibility index (Phi) is 5.26. The van der Waals surface area contributed by atoms with E-state index < -0.39 is 0 Å². The quantitative estimate of drug-likeness (QED) is 0.749. The van der Waals surface area contributed by atoms with Gasteiger partial charge in [0.25, 0.3) is 0 Å². The molecular weight excluding hydrogens is 347 g/mol. The van der Waals surface area contributed by atoms with Gasteiger partial charge in [-0.1, -0.05) is 30.3 Å². The predicted octanol–water partition coefficient (Wildman–Crippen LogP) is 3.25. The van der Waals surface area contributed by atoms with Crippen molar-refractivity contribution in [2.45, 2.75) is 12.6 Å². The monoisotopic (exact) mass is 370 g/mol. The molecule has 4 rings (SSSR count). The van der Waals surface area contributed by atoms with Gasteiger partial charge in [-0.05, 0) is 23.8 Å². The van der Waals surface area contributed by atoms with Gasteiger partial charge < -0.3 is 5.73 Å². The van der Waals surface area contributed by atoms with Crippen LogP contribution in [0.2, 0.25) is 0 Å². The van der Waals surface area contributed by atoms with Gasteiger partial charge in [-0.2, -0.15) is 0 Å². The number of aromatic nitrogens is 1. The third-order valence-electron chi connectivity index (χ3n) is 4.85. The SMILES string of the molecule is NC(CN1CCN(Cc2ccccc2)CC1)c1nc2ccc(F)cc2s1. The van der Waals surface area contributed by atoms with Crippen LogP contribution in [0.25, 0.3) is 10.2 Å². The van der Waals surface area contributed by atoms with Gasteiger partial charge >= 0.3 is 0 Å². The molecule has 6 heteroatoms. The minimum atomic E-state index is -0.226. The van der Waals surface area contributed by atoms with Gasteiger partial charge in [-0.15, -0.1) is 11.3 Å². The second-order valence-electron chi connectivity index (χ2n) is 6.83. The summed E-state index contributed by atoms with van der Waals surface area (Å²) in [6, 6.07) is 15.2. The number of nitrogens with zero attached hydrogens (tertiary/aromatic N) is 3. The number of nitrogens with two attached hydrogens (primary N) is 1. The summed E-state index contributed by atoms with van der Waals surface area (Å²) in [6.07, 6.45) is 0. The standard InChI is InChI=1S/C20H23FN4S/c21-16-6-7-18-19(12-16)26-20(23-18)17(22)14-25-10-8-24(9-11-25)13-15-4-2-1-3-5-15/h1-7,12,17H,8-11,13-14,22H2. The Hall–Kier alpha value is -1.86. The van der Waals surface area contributed by atoms with Crippen molar-refractivity contribution in [1.29, 1.82) is 0 Å². The molecule has 0 aliphatic carbocycles. The first-order valence-corrected chi connectivity index (χ1v) is 9.79. The van der Waals surface area contributed by atoms with Crippen LogP contribution in [0.15, 0.2) is 48.5 Å². The number of hydrogen-bond donors (Lipinski definition) is 1. The van der Waals surface area contributed by atoms with Crippen LogP contribution in [0.3, 0.4) is 0 Å². The van der Waals surface area contributed by atoms with E-state index in [1.54, 1.807) is 6.07 Å². The maximum Gasteiger partial charge on any atom is 0.124 e. The number of halogens is 1. The van der Waals surface area contributed by atoms with E-state index in [1.807, 2.05) is 0 Å². The van der Waals surface area contributed by atoms with E-state index in [0.29, 0.717) is 0 Å². The molecule has 2 N–H and O–H groups in total. The minimum absolute atomic E-state index is 0.129. The number of hydrogen-bond acceptors (Lipinski definition) is 5. The molecule has 1 aliphatic rings. The van der Waals surface area contributed by atoms with Gasteiger partial charge in [-0.25, -0.2) is 9.37 Å². The van der Waals surface area contributed by atoms with Crippen molar-refractivity contribution in [1.82, 2.24) is 14.8 Å². The Bertz CT molecular complexity index is 859. The molecule has 0 saturated carbocycles. The minimum Gasteiger partial charge on any atom is -0.321 e. The molecule has 4 nitrogen and oxygen atoms in total. The molecule has 1 unspecified atom stereocenters. The van der Waals surface area contributed by atoms with Crippen molar-refractivity contribution in [2.24, 2.45) is 5.73 Å². The van der Waals surface area contributed by atoms with Crippen molar-refractivity contribution in [2.75, 3.05) is 32.7 Å². The lowest BCUT2D eigenvalue weighted by Crippen LogP contribution is -2.47. The first-order chi connectivity index (χ1) is 12.7. The molecule has 0 spiro atoms. The Balaban J connectivity index is 1.32. The van der Waals surface area contributed by atoms with Crippen molar-refractivity contribution in [3.05, 3.63) is 64.9 Å². The number of fused-ring (bicyclic) bond motifs is 1. The Morgan fingerprint density at radius 2 is 1.77 bits per heavy atom. The molecule has 1 atom stereocenters. The van der Waals surface area contributed by atoms with Crippen molar-refractivity contribution in [3.63, 3.8) is 0 Å². The fourth-order valence-electron chi connectivity index (χ4n) is 3.40. The second-order valence-corrected chi connectivity index (χ2v) is 7.90. The lowest BCUT2D eigenvalue weighted by Gasteiger charge is -2.35. The van der Waals surface area contributed by atoms with Crippen molar-refractivity contribution >= 4 is 21.6 Å². The molecule has 2 aromatic carbocycles. The molecule has 1 fully saturated rings. The number of thiazole rings is 1. The number of benzene rings is 2. The highest BCUT2D eigenvalue weighted by atomic mass is 32.1. The van der Waals surface area contributed by atoms with Crippen LogP contribution in [-0.4, -0.2) is 47.5 Å². The molecule has 136 valence electrons. The number of rotatable bonds is 5. The van der Waals surface area contributed by atoms with Crippen LogP contribution < -0.4 is 5.73 Å². The third kappa shape index (κ3) is 4.10. The average Bonchev–Trinajstić information content (AvgIpc) is 3.07. The Morgan fingerprint density at radius 1 is 1.04 bits per heavy atom. The topological polar surface area (TPSA) is 45.4 Å².